The molecule has 0 saturated carbocycles. The number of hydrogen-bond acceptors (Lipinski definition) is 4. The predicted molar refractivity (Wildman–Crippen MR) is 92.0 cm³/mol. The molecule has 0 radical (unpaired) electrons. The third kappa shape index (κ3) is 4.08. The molecule has 0 saturated heterocycles. The van der Waals surface area contributed by atoms with Gasteiger partial charge in [0, 0.05) is 25.0 Å². The van der Waals surface area contributed by atoms with Gasteiger partial charge >= 0.3 is 6.18 Å². The second kappa shape index (κ2) is 8.41. The largest absolute Gasteiger partial charge is 0.493 e. The maximum absolute atomic E-state index is 14.4. The number of alkyl halides is 3. The van der Waals surface area contributed by atoms with Gasteiger partial charge in [-0.25, -0.2) is 9.37 Å². The van der Waals surface area contributed by atoms with Crippen molar-refractivity contribution in [3.63, 3.8) is 0 Å². The molecule has 1 N–H and O–H groups in total. The molecule has 12 heteroatoms. The fourth-order valence-corrected chi connectivity index (χ4v) is 3.11. The van der Waals surface area contributed by atoms with E-state index in [1.54, 1.807) is 32.0 Å². The Morgan fingerprint density at radius 2 is 1.55 bits per heavy atom. The van der Waals surface area contributed by atoms with Crippen LogP contribution in [0, 0.1) is 38.4 Å². The predicted octanol–water partition coefficient (Wildman–Crippen LogP) is 4.56. The van der Waals surface area contributed by atoms with Gasteiger partial charge in [0.2, 0.25) is 17.5 Å². The summed E-state index contributed by atoms with van der Waals surface area (Å²) in [6.45, 7) is 4.43. The topological polar surface area (TPSA) is 68.0 Å². The smallest absolute Gasteiger partial charge is 0.436 e. The number of ketones is 1. The summed E-state index contributed by atoms with van der Waals surface area (Å²) in [6.07, 6.45) is -5.44. The van der Waals surface area contributed by atoms with Gasteiger partial charge in [-0.2, -0.15) is 31.7 Å². The molecule has 5 nitrogen and oxygen atoms in total. The van der Waals surface area contributed by atoms with Crippen LogP contribution in [0.1, 0.15) is 38.4 Å². The summed E-state index contributed by atoms with van der Waals surface area (Å²) in [6, 6.07) is 4.91. The summed E-state index contributed by atoms with van der Waals surface area (Å²) < 4.78 is 81.1. The first-order valence-electron chi connectivity index (χ1n) is 8.37. The van der Waals surface area contributed by atoms with Crippen molar-refractivity contribution in [3.05, 3.63) is 69.4 Å². The van der Waals surface area contributed by atoms with Gasteiger partial charge in [-0.3, -0.25) is 4.79 Å². The second-order valence-electron chi connectivity index (χ2n) is 6.52. The minimum absolute atomic E-state index is 0. The molecule has 0 atom stereocenters. The van der Waals surface area contributed by atoms with E-state index in [1.807, 2.05) is 0 Å². The van der Waals surface area contributed by atoms with Crippen LogP contribution >= 0.6 is 0 Å². The van der Waals surface area contributed by atoms with Crippen LogP contribution in [0.2, 0.25) is 0 Å². The molecule has 0 fully saturated rings. The van der Waals surface area contributed by atoms with Crippen molar-refractivity contribution in [2.24, 2.45) is 0 Å². The van der Waals surface area contributed by atoms with Crippen LogP contribution in [-0.2, 0) is 25.7 Å². The number of hydrogen-bond donors (Lipinski definition) is 1. The van der Waals surface area contributed by atoms with Crippen molar-refractivity contribution in [2.45, 2.75) is 26.9 Å². The van der Waals surface area contributed by atoms with Crippen molar-refractivity contribution >= 4 is 5.78 Å². The molecule has 160 valence electrons. The van der Waals surface area contributed by atoms with E-state index in [0.717, 1.165) is 0 Å². The molecule has 0 aliphatic carbocycles. The summed E-state index contributed by atoms with van der Waals surface area (Å²) in [5.41, 5.74) is -3.46. The minimum atomic E-state index is -5.44. The number of benzene rings is 1. The van der Waals surface area contributed by atoms with Gasteiger partial charge in [0.15, 0.2) is 11.5 Å². The Morgan fingerprint density at radius 1 is 1.00 bits per heavy atom. The number of carbonyl (C=O) groups is 1. The van der Waals surface area contributed by atoms with Crippen LogP contribution in [0.25, 0.3) is 5.69 Å². The van der Waals surface area contributed by atoms with E-state index in [-0.39, 0.29) is 35.4 Å². The molecule has 0 aliphatic rings. The summed E-state index contributed by atoms with van der Waals surface area (Å²) in [4.78, 5) is 15.2. The summed E-state index contributed by atoms with van der Waals surface area (Å²) in [7, 11) is 0. The zero-order valence-electron chi connectivity index (χ0n) is 16.4. The van der Waals surface area contributed by atoms with Crippen LogP contribution in [-0.4, -0.2) is 25.7 Å². The molecule has 0 amide bonds. The number of aromatic hydroxyl groups is 1. The van der Waals surface area contributed by atoms with E-state index in [1.165, 1.54) is 6.92 Å². The fourth-order valence-electron chi connectivity index (χ4n) is 3.11. The number of pyridine rings is 1. The summed E-state index contributed by atoms with van der Waals surface area (Å²) >= 11 is 0. The second-order valence-corrected chi connectivity index (χ2v) is 6.52. The zero-order chi connectivity index (χ0) is 22.5. The van der Waals surface area contributed by atoms with Crippen LogP contribution in [0.4, 0.5) is 26.3 Å². The van der Waals surface area contributed by atoms with Crippen LogP contribution < -0.4 is 0 Å². The standard InChI is InChI=1S/C19H13F6N3O2.Zn/c1-7-5-4-6-8(2)10(7)15(29)11-9(3)27-28(18(11)30)14-12(20)16(19(23,24)25)26-17(22)13(14)21;/h4-6,30H,1-3H3;. The van der Waals surface area contributed by atoms with Crippen LogP contribution in [0.15, 0.2) is 18.2 Å². The Kier molecular flexibility index (Phi) is 6.65. The average Bonchev–Trinajstić information content (AvgIpc) is 2.91. The first kappa shape index (κ1) is 24.5. The monoisotopic (exact) mass is 493 g/mol. The minimum Gasteiger partial charge on any atom is -0.493 e. The first-order chi connectivity index (χ1) is 13.9. The maximum Gasteiger partial charge on any atom is 0.436 e. The molecular formula is C19H13F6N3O2Zn. The van der Waals surface area contributed by atoms with Crippen molar-refractivity contribution < 1.29 is 55.7 Å². The SMILES string of the molecule is Cc1cccc(C)c1C(=O)c1c(C)nn(-c2c(F)c(F)nc(C(F)(F)F)c2F)c1O.[Zn]. The van der Waals surface area contributed by atoms with Crippen LogP contribution in [0.5, 0.6) is 5.88 Å². The summed E-state index contributed by atoms with van der Waals surface area (Å²) in [5.74, 6) is -8.54. The van der Waals surface area contributed by atoms with Gasteiger partial charge in [-0.15, -0.1) is 0 Å². The Balaban J connectivity index is 0.00000341. The van der Waals surface area contributed by atoms with Gasteiger partial charge in [0.25, 0.3) is 5.95 Å². The molecule has 0 unspecified atom stereocenters. The van der Waals surface area contributed by atoms with E-state index in [2.05, 4.69) is 10.1 Å². The molecule has 31 heavy (non-hydrogen) atoms. The normalized spacial score (nSPS) is 11.4. The average molecular weight is 495 g/mol. The van der Waals surface area contributed by atoms with E-state index >= 15 is 0 Å². The van der Waals surface area contributed by atoms with E-state index < -0.39 is 52.4 Å². The Labute approximate surface area is 184 Å². The quantitative estimate of drug-likeness (QED) is 0.251. The van der Waals surface area contributed by atoms with Crippen LogP contribution in [0.3, 0.4) is 0 Å². The molecular weight excluding hydrogens is 482 g/mol. The van der Waals surface area contributed by atoms with E-state index in [0.29, 0.717) is 11.1 Å². The molecule has 1 aromatic carbocycles. The number of carbonyl (C=O) groups excluding carboxylic acids is 1. The zero-order valence-corrected chi connectivity index (χ0v) is 19.4. The maximum atomic E-state index is 14.4. The van der Waals surface area contributed by atoms with Gasteiger partial charge < -0.3 is 5.11 Å². The number of rotatable bonds is 3. The van der Waals surface area contributed by atoms with E-state index in [4.69, 9.17) is 0 Å². The third-order valence-electron chi connectivity index (χ3n) is 4.47. The number of aromatic nitrogens is 3. The van der Waals surface area contributed by atoms with Crippen molar-refractivity contribution in [3.8, 4) is 11.6 Å². The molecule has 3 rings (SSSR count). The van der Waals surface area contributed by atoms with Gasteiger partial charge in [0.05, 0.1) is 5.69 Å². The first-order valence-corrected chi connectivity index (χ1v) is 8.37. The third-order valence-corrected chi connectivity index (χ3v) is 4.47. The van der Waals surface area contributed by atoms with Gasteiger partial charge in [-0.05, 0) is 31.9 Å². The Morgan fingerprint density at radius 3 is 2.06 bits per heavy atom. The molecule has 2 heterocycles. The molecule has 0 aliphatic heterocycles. The van der Waals surface area contributed by atoms with Crippen molar-refractivity contribution in [1.29, 1.82) is 0 Å². The molecule has 3 aromatic rings. The van der Waals surface area contributed by atoms with Gasteiger partial charge in [0.1, 0.15) is 11.3 Å². The molecule has 0 spiro atoms. The van der Waals surface area contributed by atoms with Crippen molar-refractivity contribution in [2.75, 3.05) is 0 Å². The molecule has 0 bridgehead atoms. The summed E-state index contributed by atoms with van der Waals surface area (Å²) in [5, 5.41) is 14.0. The number of aryl methyl sites for hydroxylation is 3. The number of nitrogens with zero attached hydrogens (tertiary/aromatic N) is 3. The van der Waals surface area contributed by atoms with E-state index in [9.17, 15) is 36.2 Å². The van der Waals surface area contributed by atoms with Gasteiger partial charge in [-0.1, -0.05) is 18.2 Å². The Hall–Kier alpha value is -2.75. The van der Waals surface area contributed by atoms with Crippen molar-refractivity contribution in [1.82, 2.24) is 14.8 Å². The Bertz CT molecular complexity index is 1170. The fraction of sp³-hybridized carbons (Fsp3) is 0.211. The molecule has 2 aromatic heterocycles. The number of halogens is 6.